The molecule has 3 nitrogen and oxygen atoms in total. The van der Waals surface area contributed by atoms with Crippen LogP contribution in [0, 0.1) is 11.3 Å². The van der Waals surface area contributed by atoms with E-state index in [-0.39, 0.29) is 5.54 Å². The van der Waals surface area contributed by atoms with E-state index in [1.54, 1.807) is 0 Å². The van der Waals surface area contributed by atoms with Gasteiger partial charge in [-0.1, -0.05) is 26.8 Å². The highest BCUT2D eigenvalue weighted by Gasteiger charge is 2.45. The molecule has 0 saturated heterocycles. The van der Waals surface area contributed by atoms with Crippen molar-refractivity contribution in [2.45, 2.75) is 52.1 Å². The fourth-order valence-corrected chi connectivity index (χ4v) is 3.84. The van der Waals surface area contributed by atoms with E-state index in [2.05, 4.69) is 49.8 Å². The summed E-state index contributed by atoms with van der Waals surface area (Å²) < 4.78 is 0. The van der Waals surface area contributed by atoms with Crippen LogP contribution in [-0.2, 0) is 6.54 Å². The van der Waals surface area contributed by atoms with Crippen LogP contribution in [0.1, 0.15) is 45.7 Å². The van der Waals surface area contributed by atoms with Crippen molar-refractivity contribution < 1.29 is 0 Å². The minimum Gasteiger partial charge on any atom is -0.329 e. The zero-order valence-electron chi connectivity index (χ0n) is 13.4. The number of pyridine rings is 1. The average molecular weight is 275 g/mol. The molecule has 2 unspecified atom stereocenters. The second-order valence-corrected chi connectivity index (χ2v) is 7.25. The Hall–Kier alpha value is -0.930. The molecule has 0 amide bonds. The van der Waals surface area contributed by atoms with Crippen LogP contribution in [-0.4, -0.2) is 29.0 Å². The van der Waals surface area contributed by atoms with E-state index in [1.165, 1.54) is 19.3 Å². The molecule has 1 fully saturated rings. The van der Waals surface area contributed by atoms with Gasteiger partial charge in [-0.2, -0.15) is 0 Å². The smallest absolute Gasteiger partial charge is 0.0544 e. The van der Waals surface area contributed by atoms with Crippen LogP contribution in [0.2, 0.25) is 0 Å². The lowest BCUT2D eigenvalue weighted by Gasteiger charge is -2.52. The van der Waals surface area contributed by atoms with Gasteiger partial charge in [0.1, 0.15) is 0 Å². The molecule has 1 aromatic heterocycles. The molecule has 0 aliphatic heterocycles. The third kappa shape index (κ3) is 3.04. The molecule has 2 atom stereocenters. The minimum atomic E-state index is 0.118. The molecule has 0 bridgehead atoms. The molecular weight excluding hydrogens is 246 g/mol. The maximum Gasteiger partial charge on any atom is 0.0544 e. The molecule has 1 aliphatic rings. The normalized spacial score (nSPS) is 29.6. The Morgan fingerprint density at radius 3 is 2.65 bits per heavy atom. The van der Waals surface area contributed by atoms with Crippen molar-refractivity contribution >= 4 is 0 Å². The molecule has 0 spiro atoms. The average Bonchev–Trinajstić information content (AvgIpc) is 2.39. The van der Waals surface area contributed by atoms with Gasteiger partial charge in [-0.25, -0.2) is 0 Å². The van der Waals surface area contributed by atoms with E-state index in [0.29, 0.717) is 11.3 Å². The van der Waals surface area contributed by atoms with Crippen molar-refractivity contribution in [3.05, 3.63) is 30.1 Å². The molecule has 0 aromatic carbocycles. The van der Waals surface area contributed by atoms with Gasteiger partial charge in [0.15, 0.2) is 0 Å². The summed E-state index contributed by atoms with van der Waals surface area (Å²) in [5.74, 6) is 0.616. The van der Waals surface area contributed by atoms with Crippen LogP contribution >= 0.6 is 0 Å². The molecule has 3 heteroatoms. The van der Waals surface area contributed by atoms with Gasteiger partial charge < -0.3 is 5.73 Å². The molecule has 2 N–H and O–H groups in total. The monoisotopic (exact) mass is 275 g/mol. The maximum atomic E-state index is 6.21. The highest BCUT2D eigenvalue weighted by Crippen LogP contribution is 2.46. The Bertz CT molecular complexity index is 429. The lowest BCUT2D eigenvalue weighted by atomic mass is 9.63. The summed E-state index contributed by atoms with van der Waals surface area (Å²) >= 11 is 0. The van der Waals surface area contributed by atoms with E-state index < -0.39 is 0 Å². The number of hydrogen-bond donors (Lipinski definition) is 1. The van der Waals surface area contributed by atoms with E-state index in [0.717, 1.165) is 18.8 Å². The van der Waals surface area contributed by atoms with Crippen molar-refractivity contribution in [3.8, 4) is 0 Å². The van der Waals surface area contributed by atoms with Gasteiger partial charge in [0, 0.05) is 24.8 Å². The summed E-state index contributed by atoms with van der Waals surface area (Å²) in [5, 5.41) is 0. The zero-order chi connectivity index (χ0) is 14.8. The third-order valence-corrected chi connectivity index (χ3v) is 5.25. The fourth-order valence-electron chi connectivity index (χ4n) is 3.84. The highest BCUT2D eigenvalue weighted by atomic mass is 15.2. The Labute approximate surface area is 123 Å². The number of likely N-dealkylation sites (N-methyl/N-ethyl adjacent to an activating group) is 1. The van der Waals surface area contributed by atoms with Gasteiger partial charge in [0.25, 0.3) is 0 Å². The molecule has 1 aromatic rings. The Kier molecular flexibility index (Phi) is 4.50. The van der Waals surface area contributed by atoms with Crippen molar-refractivity contribution in [2.75, 3.05) is 13.6 Å². The molecule has 2 rings (SSSR count). The van der Waals surface area contributed by atoms with E-state index in [9.17, 15) is 0 Å². The van der Waals surface area contributed by atoms with Crippen LogP contribution in [0.3, 0.4) is 0 Å². The molecule has 112 valence electrons. The quantitative estimate of drug-likeness (QED) is 0.918. The van der Waals surface area contributed by atoms with Gasteiger partial charge in [-0.15, -0.1) is 0 Å². The Balaban J connectivity index is 2.14. The summed E-state index contributed by atoms with van der Waals surface area (Å²) in [7, 11) is 2.20. The second kappa shape index (κ2) is 5.82. The molecular formula is C17H29N3. The summed E-state index contributed by atoms with van der Waals surface area (Å²) in [5.41, 5.74) is 7.90. The Morgan fingerprint density at radius 1 is 1.35 bits per heavy atom. The molecule has 1 saturated carbocycles. The number of aromatic nitrogens is 1. The largest absolute Gasteiger partial charge is 0.329 e. The third-order valence-electron chi connectivity index (χ3n) is 5.25. The molecule has 20 heavy (non-hydrogen) atoms. The fraction of sp³-hybridized carbons (Fsp3) is 0.706. The van der Waals surface area contributed by atoms with E-state index in [1.807, 2.05) is 12.3 Å². The first-order chi connectivity index (χ1) is 9.39. The lowest BCUT2D eigenvalue weighted by molar-refractivity contribution is -0.0122. The van der Waals surface area contributed by atoms with E-state index in [4.69, 9.17) is 5.73 Å². The van der Waals surface area contributed by atoms with Gasteiger partial charge in [-0.3, -0.25) is 9.88 Å². The number of hydrogen-bond acceptors (Lipinski definition) is 3. The van der Waals surface area contributed by atoms with Crippen molar-refractivity contribution in [3.63, 3.8) is 0 Å². The lowest BCUT2D eigenvalue weighted by Crippen LogP contribution is -2.59. The molecule has 1 heterocycles. The van der Waals surface area contributed by atoms with Gasteiger partial charge in [0.05, 0.1) is 5.69 Å². The predicted octanol–water partition coefficient (Wildman–Crippen LogP) is 3.06. The van der Waals surface area contributed by atoms with Crippen molar-refractivity contribution in [1.82, 2.24) is 9.88 Å². The number of rotatable bonds is 4. The van der Waals surface area contributed by atoms with Gasteiger partial charge in [0.2, 0.25) is 0 Å². The summed E-state index contributed by atoms with van der Waals surface area (Å²) in [6, 6.07) is 6.12. The van der Waals surface area contributed by atoms with Crippen LogP contribution in [0.5, 0.6) is 0 Å². The number of nitrogens with zero attached hydrogens (tertiary/aromatic N) is 2. The van der Waals surface area contributed by atoms with Crippen LogP contribution in [0.4, 0.5) is 0 Å². The van der Waals surface area contributed by atoms with Crippen molar-refractivity contribution in [1.29, 1.82) is 0 Å². The molecule has 0 radical (unpaired) electrons. The summed E-state index contributed by atoms with van der Waals surface area (Å²) in [6.45, 7) is 8.73. The minimum absolute atomic E-state index is 0.118. The first kappa shape index (κ1) is 15.5. The summed E-state index contributed by atoms with van der Waals surface area (Å²) in [4.78, 5) is 6.89. The maximum absolute atomic E-state index is 6.21. The van der Waals surface area contributed by atoms with Gasteiger partial charge >= 0.3 is 0 Å². The standard InChI is InChI=1S/C17H29N3/c1-14-11-16(2,3)8-9-17(14,13-18)20(4)12-15-7-5-6-10-19-15/h5-7,10,14H,8-9,11-13,18H2,1-4H3. The zero-order valence-corrected chi connectivity index (χ0v) is 13.4. The van der Waals surface area contributed by atoms with Crippen LogP contribution in [0.25, 0.3) is 0 Å². The SMILES string of the molecule is CC1CC(C)(C)CCC1(CN)N(C)Cc1ccccn1. The Morgan fingerprint density at radius 2 is 2.10 bits per heavy atom. The van der Waals surface area contributed by atoms with Crippen LogP contribution in [0.15, 0.2) is 24.4 Å². The van der Waals surface area contributed by atoms with Gasteiger partial charge in [-0.05, 0) is 49.8 Å². The summed E-state index contributed by atoms with van der Waals surface area (Å²) in [6.07, 6.45) is 5.55. The van der Waals surface area contributed by atoms with Crippen LogP contribution < -0.4 is 5.73 Å². The number of nitrogens with two attached hydrogens (primary N) is 1. The molecule has 1 aliphatic carbocycles. The topological polar surface area (TPSA) is 42.1 Å². The highest BCUT2D eigenvalue weighted by molar-refractivity contribution is 5.07. The van der Waals surface area contributed by atoms with E-state index >= 15 is 0 Å². The first-order valence-electron chi connectivity index (χ1n) is 7.71. The predicted molar refractivity (Wildman–Crippen MR) is 84.3 cm³/mol. The first-order valence-corrected chi connectivity index (χ1v) is 7.71. The van der Waals surface area contributed by atoms with Crippen molar-refractivity contribution in [2.24, 2.45) is 17.1 Å². The second-order valence-electron chi connectivity index (χ2n) is 7.25.